The summed E-state index contributed by atoms with van der Waals surface area (Å²) < 4.78 is 32.1. The summed E-state index contributed by atoms with van der Waals surface area (Å²) in [7, 11) is 0. The van der Waals surface area contributed by atoms with Crippen molar-refractivity contribution in [2.24, 2.45) is 0 Å². The van der Waals surface area contributed by atoms with Crippen LogP contribution in [0, 0.1) is 0 Å². The third-order valence-electron chi connectivity index (χ3n) is 7.52. The Kier molecular flexibility index (Phi) is 17.0. The first-order chi connectivity index (χ1) is 20.3. The summed E-state index contributed by atoms with van der Waals surface area (Å²) >= 11 is 0. The first kappa shape index (κ1) is 35.4. The van der Waals surface area contributed by atoms with E-state index in [4.69, 9.17) is 14.2 Å². The Bertz CT molecular complexity index is 1070. The third kappa shape index (κ3) is 13.0. The van der Waals surface area contributed by atoms with Gasteiger partial charge in [-0.3, -0.25) is 28.7 Å². The first-order valence-electron chi connectivity index (χ1n) is 15.7. The van der Waals surface area contributed by atoms with Crippen LogP contribution in [0.1, 0.15) is 129 Å². The number of carbonyl (C=O) groups is 3. The highest BCUT2D eigenvalue weighted by atomic mass is 19.1. The van der Waals surface area contributed by atoms with Gasteiger partial charge in [0, 0.05) is 25.1 Å². The number of ketones is 1. The lowest BCUT2D eigenvalue weighted by atomic mass is 10.0. The van der Waals surface area contributed by atoms with Gasteiger partial charge in [0.05, 0.1) is 19.4 Å². The molecule has 0 amide bonds. The molecule has 0 aromatic carbocycles. The van der Waals surface area contributed by atoms with Gasteiger partial charge in [-0.15, -0.1) is 0 Å². The largest absolute Gasteiger partial charge is 0.466 e. The van der Waals surface area contributed by atoms with Gasteiger partial charge in [-0.05, 0) is 25.7 Å². The van der Waals surface area contributed by atoms with Crippen LogP contribution in [0.3, 0.4) is 0 Å². The maximum atomic E-state index is 15.1. The number of esters is 2. The number of unbranched alkanes of at least 4 members (excludes halogenated alkanes) is 10. The predicted molar refractivity (Wildman–Crippen MR) is 156 cm³/mol. The number of nitrogens with one attached hydrogen (secondary N) is 1. The molecule has 1 unspecified atom stereocenters. The van der Waals surface area contributed by atoms with E-state index in [0.29, 0.717) is 12.2 Å². The summed E-state index contributed by atoms with van der Waals surface area (Å²) in [6, 6.07) is 1.08. The number of aromatic nitrogens is 2. The van der Waals surface area contributed by atoms with E-state index in [1.54, 1.807) is 6.92 Å². The van der Waals surface area contributed by atoms with E-state index in [2.05, 4.69) is 6.92 Å². The molecule has 10 nitrogen and oxygen atoms in total. The van der Waals surface area contributed by atoms with Gasteiger partial charge in [0.15, 0.2) is 18.5 Å². The molecule has 11 heteroatoms. The van der Waals surface area contributed by atoms with E-state index in [0.717, 1.165) is 93.9 Å². The van der Waals surface area contributed by atoms with Crippen molar-refractivity contribution in [1.29, 1.82) is 0 Å². The molecule has 1 N–H and O–H groups in total. The second-order valence-electron chi connectivity index (χ2n) is 11.0. The zero-order valence-corrected chi connectivity index (χ0v) is 25.3. The molecule has 4 atom stereocenters. The number of aromatic amines is 1. The molecule has 0 aliphatic carbocycles. The van der Waals surface area contributed by atoms with Crippen molar-refractivity contribution >= 4 is 17.7 Å². The Morgan fingerprint density at radius 3 is 2.07 bits per heavy atom. The van der Waals surface area contributed by atoms with Crippen LogP contribution in [-0.4, -0.2) is 52.3 Å². The molecule has 42 heavy (non-hydrogen) atoms. The molecule has 2 rings (SSSR count). The van der Waals surface area contributed by atoms with Crippen molar-refractivity contribution in [3.63, 3.8) is 0 Å². The molecule has 1 aromatic rings. The minimum atomic E-state index is -1.83. The monoisotopic (exact) mass is 596 g/mol. The zero-order valence-electron chi connectivity index (χ0n) is 25.3. The molecule has 1 fully saturated rings. The average molecular weight is 597 g/mol. The van der Waals surface area contributed by atoms with E-state index < -0.39 is 47.8 Å². The fourth-order valence-electron chi connectivity index (χ4n) is 5.05. The number of H-pyrrole nitrogens is 1. The Morgan fingerprint density at radius 2 is 1.45 bits per heavy atom. The number of nitrogens with zero attached hydrogens (tertiary/aromatic N) is 1. The quantitative estimate of drug-likeness (QED) is 0.138. The van der Waals surface area contributed by atoms with Crippen LogP contribution in [0.2, 0.25) is 0 Å². The number of hydrogen-bond acceptors (Lipinski definition) is 8. The smallest absolute Gasteiger partial charge is 0.330 e. The minimum Gasteiger partial charge on any atom is -0.466 e. The Hall–Kier alpha value is -2.82. The number of alkyl halides is 1. The summed E-state index contributed by atoms with van der Waals surface area (Å²) in [6.07, 6.45) is 10.1. The fourth-order valence-corrected chi connectivity index (χ4v) is 5.05. The lowest BCUT2D eigenvalue weighted by Crippen LogP contribution is -2.37. The number of halogens is 1. The number of carbonyl (C=O) groups excluding carboxylic acids is 3. The molecule has 1 aliphatic heterocycles. The summed E-state index contributed by atoms with van der Waals surface area (Å²) in [6.45, 7) is 4.17. The van der Waals surface area contributed by atoms with Gasteiger partial charge in [-0.25, -0.2) is 9.18 Å². The minimum absolute atomic E-state index is 0.173. The van der Waals surface area contributed by atoms with E-state index in [-0.39, 0.29) is 19.4 Å². The highest BCUT2D eigenvalue weighted by Crippen LogP contribution is 2.34. The normalized spacial score (nSPS) is 20.0. The molecule has 0 radical (unpaired) electrons. The van der Waals surface area contributed by atoms with Crippen molar-refractivity contribution in [3.05, 3.63) is 33.1 Å². The molecule has 238 valence electrons. The fraction of sp³-hybridized carbons (Fsp3) is 0.774. The highest BCUT2D eigenvalue weighted by Gasteiger charge is 2.48. The molecule has 1 saturated heterocycles. The van der Waals surface area contributed by atoms with E-state index >= 15 is 4.39 Å². The lowest BCUT2D eigenvalue weighted by Gasteiger charge is -2.18. The maximum absolute atomic E-state index is 15.1. The average Bonchev–Trinajstić information content (AvgIpc) is 3.27. The highest BCUT2D eigenvalue weighted by molar-refractivity contribution is 5.78. The second-order valence-corrected chi connectivity index (χ2v) is 11.0. The summed E-state index contributed by atoms with van der Waals surface area (Å²) in [5.74, 6) is -0.865. The van der Waals surface area contributed by atoms with Gasteiger partial charge in [-0.2, -0.15) is 0 Å². The predicted octanol–water partition coefficient (Wildman–Crippen LogP) is 5.47. The standard InChI is InChI=1S/C31H49FN2O8/c1-3-5-13-16-23(35)17-14-11-9-7-6-8-10-12-15-22-40-26(37)18-19-27(38)42-29-24(4-2)41-30(28(29)32)34-21-20-25(36)33-31(34)39/h20-21,24,28-30H,3-19,22H2,1-2H3,(H,33,36,39)/t24-,28?,29+,30-/m1/s1. The molecule has 0 saturated carbocycles. The molecule has 1 aliphatic rings. The van der Waals surface area contributed by atoms with Crippen molar-refractivity contribution in [1.82, 2.24) is 9.55 Å². The molecular weight excluding hydrogens is 547 g/mol. The summed E-state index contributed by atoms with van der Waals surface area (Å²) in [5.41, 5.74) is -1.44. The van der Waals surface area contributed by atoms with Crippen molar-refractivity contribution in [2.75, 3.05) is 6.61 Å². The number of Topliss-reactive ketones (excluding diaryl/α,β-unsaturated/α-hetero) is 1. The summed E-state index contributed by atoms with van der Waals surface area (Å²) in [4.78, 5) is 61.5. The van der Waals surface area contributed by atoms with Crippen LogP contribution < -0.4 is 11.2 Å². The molecule has 1 aromatic heterocycles. The third-order valence-corrected chi connectivity index (χ3v) is 7.52. The van der Waals surface area contributed by atoms with Gasteiger partial charge < -0.3 is 14.2 Å². The first-order valence-corrected chi connectivity index (χ1v) is 15.7. The van der Waals surface area contributed by atoms with Gasteiger partial charge >= 0.3 is 17.6 Å². The maximum Gasteiger partial charge on any atom is 0.330 e. The molecule has 0 bridgehead atoms. The van der Waals surface area contributed by atoms with E-state index in [1.165, 1.54) is 12.8 Å². The summed E-state index contributed by atoms with van der Waals surface area (Å²) in [5, 5.41) is 0. The molecular formula is C31H49FN2O8. The Balaban J connectivity index is 1.51. The zero-order chi connectivity index (χ0) is 30.7. The number of ether oxygens (including phenoxy) is 3. The van der Waals surface area contributed by atoms with Gasteiger partial charge in [-0.1, -0.05) is 71.6 Å². The van der Waals surface area contributed by atoms with Crippen molar-refractivity contribution in [2.45, 2.75) is 148 Å². The number of rotatable bonds is 22. The van der Waals surface area contributed by atoms with Crippen molar-refractivity contribution < 1.29 is 33.0 Å². The Labute approximate surface area is 247 Å². The van der Waals surface area contributed by atoms with E-state index in [9.17, 15) is 24.0 Å². The van der Waals surface area contributed by atoms with Crippen LogP contribution in [-0.2, 0) is 28.6 Å². The van der Waals surface area contributed by atoms with Crippen LogP contribution >= 0.6 is 0 Å². The van der Waals surface area contributed by atoms with Crippen LogP contribution in [0.25, 0.3) is 0 Å². The van der Waals surface area contributed by atoms with Crippen LogP contribution in [0.5, 0.6) is 0 Å². The van der Waals surface area contributed by atoms with Gasteiger partial charge in [0.25, 0.3) is 5.56 Å². The topological polar surface area (TPSA) is 134 Å². The van der Waals surface area contributed by atoms with Gasteiger partial charge in [0.2, 0.25) is 0 Å². The SMILES string of the molecule is CCCCCC(=O)CCCCCCCCCCCOC(=O)CCC(=O)O[C@@H]1C(F)[C@H](n2ccc(=O)[nH]c2=O)O[C@@H]1CC. The lowest BCUT2D eigenvalue weighted by molar-refractivity contribution is -0.157. The second kappa shape index (κ2) is 20.1. The van der Waals surface area contributed by atoms with E-state index in [1.807, 2.05) is 4.98 Å². The molecule has 2 heterocycles. The van der Waals surface area contributed by atoms with Crippen LogP contribution in [0.15, 0.2) is 21.9 Å². The van der Waals surface area contributed by atoms with Crippen molar-refractivity contribution in [3.8, 4) is 0 Å². The number of hydrogen-bond donors (Lipinski definition) is 1. The van der Waals surface area contributed by atoms with Crippen LogP contribution in [0.4, 0.5) is 4.39 Å². The Morgan fingerprint density at radius 1 is 0.857 bits per heavy atom. The molecule has 0 spiro atoms. The van der Waals surface area contributed by atoms with Gasteiger partial charge in [0.1, 0.15) is 11.9 Å².